The molecule has 0 spiro atoms. The van der Waals surface area contributed by atoms with Gasteiger partial charge >= 0.3 is 0 Å². The number of benzene rings is 1. The number of ether oxygens (including phenoxy) is 3. The summed E-state index contributed by atoms with van der Waals surface area (Å²) in [7, 11) is 3.17. The lowest BCUT2D eigenvalue weighted by Crippen LogP contribution is -2.11. The second-order valence-corrected chi connectivity index (χ2v) is 4.48. The van der Waals surface area contributed by atoms with Crippen LogP contribution in [0.1, 0.15) is 32.3 Å². The Morgan fingerprint density at radius 1 is 1.05 bits per heavy atom. The summed E-state index contributed by atoms with van der Waals surface area (Å²) in [4.78, 5) is 0. The summed E-state index contributed by atoms with van der Waals surface area (Å²) in [6.07, 6.45) is 2.16. The van der Waals surface area contributed by atoms with Crippen molar-refractivity contribution in [3.05, 3.63) is 17.7 Å². The first-order valence-electron chi connectivity index (χ1n) is 6.68. The zero-order valence-corrected chi connectivity index (χ0v) is 12.2. The molecule has 0 radical (unpaired) electrons. The van der Waals surface area contributed by atoms with Crippen molar-refractivity contribution in [2.75, 3.05) is 20.8 Å². The van der Waals surface area contributed by atoms with Crippen LogP contribution >= 0.6 is 0 Å². The van der Waals surface area contributed by atoms with Gasteiger partial charge in [0.2, 0.25) is 5.75 Å². The van der Waals surface area contributed by atoms with Crippen LogP contribution in [0.15, 0.2) is 12.1 Å². The molecule has 0 amide bonds. The van der Waals surface area contributed by atoms with Gasteiger partial charge in [0.15, 0.2) is 11.5 Å². The Kier molecular flexibility index (Phi) is 6.50. The SMILES string of the molecule is CCC(CC)COc1c(OC)cc(CO)cc1OC. The van der Waals surface area contributed by atoms with Gasteiger partial charge in [-0.3, -0.25) is 0 Å². The Balaban J connectivity index is 2.96. The van der Waals surface area contributed by atoms with Crippen molar-refractivity contribution in [2.45, 2.75) is 33.3 Å². The maximum Gasteiger partial charge on any atom is 0.203 e. The molecule has 19 heavy (non-hydrogen) atoms. The van der Waals surface area contributed by atoms with Gasteiger partial charge in [-0.15, -0.1) is 0 Å². The third-order valence-corrected chi connectivity index (χ3v) is 3.32. The number of hydrogen-bond acceptors (Lipinski definition) is 4. The molecule has 1 rings (SSSR count). The van der Waals surface area contributed by atoms with Gasteiger partial charge in [0.25, 0.3) is 0 Å². The monoisotopic (exact) mass is 268 g/mol. The van der Waals surface area contributed by atoms with Gasteiger partial charge in [-0.2, -0.15) is 0 Å². The Labute approximate surface area is 115 Å². The Morgan fingerprint density at radius 3 is 1.95 bits per heavy atom. The van der Waals surface area contributed by atoms with E-state index in [0.29, 0.717) is 29.8 Å². The van der Waals surface area contributed by atoms with Crippen LogP contribution in [0.2, 0.25) is 0 Å². The van der Waals surface area contributed by atoms with Crippen molar-refractivity contribution in [3.63, 3.8) is 0 Å². The van der Waals surface area contributed by atoms with Crippen LogP contribution in [-0.4, -0.2) is 25.9 Å². The predicted molar refractivity (Wildman–Crippen MR) is 75.0 cm³/mol. The minimum Gasteiger partial charge on any atom is -0.493 e. The maximum atomic E-state index is 9.21. The van der Waals surface area contributed by atoms with Crippen LogP contribution in [0.5, 0.6) is 17.2 Å². The molecular weight excluding hydrogens is 244 g/mol. The second-order valence-electron chi connectivity index (χ2n) is 4.48. The van der Waals surface area contributed by atoms with E-state index in [-0.39, 0.29) is 6.61 Å². The molecule has 0 heterocycles. The fraction of sp³-hybridized carbons (Fsp3) is 0.600. The highest BCUT2D eigenvalue weighted by Gasteiger charge is 2.15. The van der Waals surface area contributed by atoms with Crippen LogP contribution in [0.3, 0.4) is 0 Å². The highest BCUT2D eigenvalue weighted by Crippen LogP contribution is 2.39. The van der Waals surface area contributed by atoms with Crippen molar-refractivity contribution < 1.29 is 19.3 Å². The predicted octanol–water partition coefficient (Wildman–Crippen LogP) is 3.01. The lowest BCUT2D eigenvalue weighted by atomic mass is 10.1. The second kappa shape index (κ2) is 7.89. The Morgan fingerprint density at radius 2 is 1.58 bits per heavy atom. The van der Waals surface area contributed by atoms with Gasteiger partial charge in [0.05, 0.1) is 27.4 Å². The van der Waals surface area contributed by atoms with Crippen molar-refractivity contribution in [3.8, 4) is 17.2 Å². The van der Waals surface area contributed by atoms with E-state index in [2.05, 4.69) is 13.8 Å². The largest absolute Gasteiger partial charge is 0.493 e. The Hall–Kier alpha value is -1.42. The molecule has 0 aliphatic carbocycles. The van der Waals surface area contributed by atoms with Crippen LogP contribution in [0.25, 0.3) is 0 Å². The molecule has 108 valence electrons. The van der Waals surface area contributed by atoms with Crippen LogP contribution in [0, 0.1) is 5.92 Å². The third kappa shape index (κ3) is 4.03. The minimum atomic E-state index is -0.0560. The lowest BCUT2D eigenvalue weighted by Gasteiger charge is -2.18. The highest BCUT2D eigenvalue weighted by atomic mass is 16.5. The number of rotatable bonds is 8. The molecule has 1 aromatic rings. The quantitative estimate of drug-likeness (QED) is 0.787. The summed E-state index contributed by atoms with van der Waals surface area (Å²) < 4.78 is 16.5. The summed E-state index contributed by atoms with van der Waals surface area (Å²) in [5, 5.41) is 9.21. The standard InChI is InChI=1S/C15H24O4/c1-5-11(6-2)10-19-15-13(17-3)7-12(9-16)8-14(15)18-4/h7-8,11,16H,5-6,9-10H2,1-4H3. The molecule has 0 fully saturated rings. The Bertz CT molecular complexity index is 361. The first-order valence-corrected chi connectivity index (χ1v) is 6.68. The molecule has 0 atom stereocenters. The van der Waals surface area contributed by atoms with Gasteiger partial charge in [0, 0.05) is 0 Å². The number of hydrogen-bond donors (Lipinski definition) is 1. The molecule has 0 saturated carbocycles. The van der Waals surface area contributed by atoms with E-state index < -0.39 is 0 Å². The molecule has 0 aliphatic rings. The summed E-state index contributed by atoms with van der Waals surface area (Å²) in [5.41, 5.74) is 0.739. The van der Waals surface area contributed by atoms with Crippen LogP contribution in [0.4, 0.5) is 0 Å². The molecule has 0 unspecified atom stereocenters. The van der Waals surface area contributed by atoms with Crippen molar-refractivity contribution in [1.82, 2.24) is 0 Å². The molecule has 0 aliphatic heterocycles. The average Bonchev–Trinajstić information content (AvgIpc) is 2.47. The minimum absolute atomic E-state index is 0.0560. The molecule has 1 aromatic carbocycles. The normalized spacial score (nSPS) is 10.6. The van der Waals surface area contributed by atoms with Crippen LogP contribution < -0.4 is 14.2 Å². The molecule has 4 heteroatoms. The summed E-state index contributed by atoms with van der Waals surface area (Å²) in [5.74, 6) is 2.31. The lowest BCUT2D eigenvalue weighted by molar-refractivity contribution is 0.219. The van der Waals surface area contributed by atoms with Gasteiger partial charge in [-0.1, -0.05) is 26.7 Å². The zero-order chi connectivity index (χ0) is 14.3. The molecule has 1 N–H and O–H groups in total. The van der Waals surface area contributed by atoms with E-state index in [1.807, 2.05) is 0 Å². The van der Waals surface area contributed by atoms with Gasteiger partial charge in [0.1, 0.15) is 0 Å². The van der Waals surface area contributed by atoms with E-state index in [9.17, 15) is 5.11 Å². The number of aliphatic hydroxyl groups excluding tert-OH is 1. The molecule has 0 saturated heterocycles. The number of methoxy groups -OCH3 is 2. The zero-order valence-electron chi connectivity index (χ0n) is 12.2. The molecule has 0 aromatic heterocycles. The summed E-state index contributed by atoms with van der Waals surface area (Å²) in [6.45, 7) is 4.89. The molecular formula is C15H24O4. The fourth-order valence-corrected chi connectivity index (χ4v) is 1.89. The molecule has 0 bridgehead atoms. The van der Waals surface area contributed by atoms with E-state index in [1.54, 1.807) is 26.4 Å². The average molecular weight is 268 g/mol. The van der Waals surface area contributed by atoms with E-state index >= 15 is 0 Å². The molecule has 4 nitrogen and oxygen atoms in total. The first kappa shape index (κ1) is 15.6. The van der Waals surface area contributed by atoms with Crippen molar-refractivity contribution in [1.29, 1.82) is 0 Å². The van der Waals surface area contributed by atoms with Crippen LogP contribution in [-0.2, 0) is 6.61 Å². The highest BCUT2D eigenvalue weighted by molar-refractivity contribution is 5.53. The van der Waals surface area contributed by atoms with Gasteiger partial charge in [-0.25, -0.2) is 0 Å². The maximum absolute atomic E-state index is 9.21. The fourth-order valence-electron chi connectivity index (χ4n) is 1.89. The van der Waals surface area contributed by atoms with Gasteiger partial charge in [-0.05, 0) is 23.6 Å². The van der Waals surface area contributed by atoms with Crippen molar-refractivity contribution in [2.24, 2.45) is 5.92 Å². The summed E-state index contributed by atoms with van der Waals surface area (Å²) in [6, 6.07) is 3.54. The topological polar surface area (TPSA) is 47.9 Å². The van der Waals surface area contributed by atoms with E-state index in [0.717, 1.165) is 18.4 Å². The van der Waals surface area contributed by atoms with Gasteiger partial charge < -0.3 is 19.3 Å². The smallest absolute Gasteiger partial charge is 0.203 e. The van der Waals surface area contributed by atoms with E-state index in [4.69, 9.17) is 14.2 Å². The summed E-state index contributed by atoms with van der Waals surface area (Å²) >= 11 is 0. The van der Waals surface area contributed by atoms with Crippen molar-refractivity contribution >= 4 is 0 Å². The first-order chi connectivity index (χ1) is 9.19. The number of aliphatic hydroxyl groups is 1. The van der Waals surface area contributed by atoms with E-state index in [1.165, 1.54) is 0 Å². The third-order valence-electron chi connectivity index (χ3n) is 3.32.